The van der Waals surface area contributed by atoms with Gasteiger partial charge in [-0.15, -0.1) is 11.3 Å². The molecule has 0 radical (unpaired) electrons. The molecule has 3 aliphatic rings. The van der Waals surface area contributed by atoms with Crippen molar-refractivity contribution in [3.8, 4) is 10.4 Å². The third-order valence-corrected chi connectivity index (χ3v) is 9.46. The Bertz CT molecular complexity index is 1030. The van der Waals surface area contributed by atoms with Crippen LogP contribution in [0.15, 0.2) is 42.5 Å². The lowest BCUT2D eigenvalue weighted by atomic mass is 9.98. The summed E-state index contributed by atoms with van der Waals surface area (Å²) in [6.07, 6.45) is 13.0. The van der Waals surface area contributed by atoms with Gasteiger partial charge >= 0.3 is 0 Å². The number of benzene rings is 1. The van der Waals surface area contributed by atoms with Crippen LogP contribution in [0.5, 0.6) is 0 Å². The molecule has 0 aliphatic carbocycles. The van der Waals surface area contributed by atoms with Gasteiger partial charge in [-0.3, -0.25) is 4.79 Å². The van der Waals surface area contributed by atoms with Crippen molar-refractivity contribution in [2.24, 2.45) is 0 Å². The number of nitrogens with one attached hydrogen (secondary N) is 1. The number of likely N-dealkylation sites (N-methyl/N-ethyl adjacent to an activating group) is 1. The van der Waals surface area contributed by atoms with Crippen molar-refractivity contribution in [1.29, 1.82) is 0 Å². The number of nitrogens with zero attached hydrogens (tertiary/aromatic N) is 3. The van der Waals surface area contributed by atoms with Crippen LogP contribution in [0.4, 0.5) is 5.00 Å². The Morgan fingerprint density at radius 2 is 1.68 bits per heavy atom. The normalized spacial score (nSPS) is 20.6. The monoisotopic (exact) mass is 520 g/mol. The quantitative estimate of drug-likeness (QED) is 0.400. The standard InChI is InChI=1S/C31H44N4OS/c1-33-21-14-26(15-22-33)25-8-10-27(11-9-25)29-12-13-31(37-29)32-30(36)7-3-6-18-34-23-16-28(17-24-34)35-19-4-2-5-20-35/h8-14,28H,2-7,15-24H2,1H3,(H,32,36). The Morgan fingerprint density at radius 1 is 0.919 bits per heavy atom. The van der Waals surface area contributed by atoms with Crippen molar-refractivity contribution in [1.82, 2.24) is 14.7 Å². The summed E-state index contributed by atoms with van der Waals surface area (Å²) >= 11 is 1.66. The zero-order chi connectivity index (χ0) is 25.5. The topological polar surface area (TPSA) is 38.8 Å². The largest absolute Gasteiger partial charge is 0.318 e. The van der Waals surface area contributed by atoms with Gasteiger partial charge < -0.3 is 20.0 Å². The van der Waals surface area contributed by atoms with E-state index in [1.165, 1.54) is 79.9 Å². The zero-order valence-electron chi connectivity index (χ0n) is 22.6. The summed E-state index contributed by atoms with van der Waals surface area (Å²) in [5.41, 5.74) is 3.99. The number of hydrogen-bond donors (Lipinski definition) is 1. The molecule has 1 aromatic heterocycles. The fraction of sp³-hybridized carbons (Fsp3) is 0.581. The molecule has 0 bridgehead atoms. The molecule has 0 saturated carbocycles. The predicted octanol–water partition coefficient (Wildman–Crippen LogP) is 6.19. The number of piperidine rings is 2. The molecule has 0 atom stereocenters. The zero-order valence-corrected chi connectivity index (χ0v) is 23.4. The summed E-state index contributed by atoms with van der Waals surface area (Å²) in [5, 5.41) is 4.07. The van der Waals surface area contributed by atoms with Gasteiger partial charge in [0.15, 0.2) is 0 Å². The number of rotatable bonds is 9. The molecular formula is C31H44N4OS. The van der Waals surface area contributed by atoms with Gasteiger partial charge in [0, 0.05) is 30.4 Å². The molecule has 4 heterocycles. The fourth-order valence-corrected chi connectivity index (χ4v) is 6.98. The number of likely N-dealkylation sites (tertiary alicyclic amines) is 2. The molecule has 0 unspecified atom stereocenters. The first-order valence-electron chi connectivity index (χ1n) is 14.5. The lowest BCUT2D eigenvalue weighted by Gasteiger charge is -2.40. The number of carbonyl (C=O) groups excluding carboxylic acids is 1. The first-order chi connectivity index (χ1) is 18.1. The maximum Gasteiger partial charge on any atom is 0.224 e. The van der Waals surface area contributed by atoms with Crippen LogP contribution in [0.25, 0.3) is 16.0 Å². The lowest BCUT2D eigenvalue weighted by Crippen LogP contribution is -2.46. The number of carbonyl (C=O) groups is 1. The first kappa shape index (κ1) is 26.6. The molecule has 200 valence electrons. The first-order valence-corrected chi connectivity index (χ1v) is 15.3. The van der Waals surface area contributed by atoms with Gasteiger partial charge in [0.2, 0.25) is 5.91 Å². The molecule has 37 heavy (non-hydrogen) atoms. The SMILES string of the molecule is CN1CC=C(c2ccc(-c3ccc(NC(=O)CCCCN4CCC(N5CCCCC5)CC4)s3)cc2)CC1. The average molecular weight is 521 g/mol. The highest BCUT2D eigenvalue weighted by molar-refractivity contribution is 7.19. The molecule has 0 spiro atoms. The number of hydrogen-bond acceptors (Lipinski definition) is 5. The van der Waals surface area contributed by atoms with Gasteiger partial charge in [-0.25, -0.2) is 0 Å². The lowest BCUT2D eigenvalue weighted by molar-refractivity contribution is -0.116. The highest BCUT2D eigenvalue weighted by Crippen LogP contribution is 2.33. The van der Waals surface area contributed by atoms with Crippen molar-refractivity contribution in [3.05, 3.63) is 48.0 Å². The third kappa shape index (κ3) is 7.53. The Kier molecular flexibility index (Phi) is 9.48. The van der Waals surface area contributed by atoms with E-state index in [0.717, 1.165) is 49.9 Å². The molecule has 2 fully saturated rings. The fourth-order valence-electron chi connectivity index (χ4n) is 6.05. The smallest absolute Gasteiger partial charge is 0.224 e. The molecule has 1 amide bonds. The van der Waals surface area contributed by atoms with Gasteiger partial charge in [-0.05, 0) is 114 Å². The van der Waals surface area contributed by atoms with Crippen LogP contribution in [0, 0.1) is 0 Å². The maximum atomic E-state index is 12.5. The van der Waals surface area contributed by atoms with E-state index in [-0.39, 0.29) is 5.91 Å². The van der Waals surface area contributed by atoms with E-state index in [0.29, 0.717) is 6.42 Å². The Hall–Kier alpha value is -1.99. The van der Waals surface area contributed by atoms with Crippen LogP contribution in [0.2, 0.25) is 0 Å². The summed E-state index contributed by atoms with van der Waals surface area (Å²) < 4.78 is 0. The minimum Gasteiger partial charge on any atom is -0.318 e. The van der Waals surface area contributed by atoms with Gasteiger partial charge in [-0.2, -0.15) is 0 Å². The van der Waals surface area contributed by atoms with E-state index < -0.39 is 0 Å². The van der Waals surface area contributed by atoms with E-state index in [2.05, 4.69) is 63.5 Å². The molecule has 6 heteroatoms. The van der Waals surface area contributed by atoms with Crippen molar-refractivity contribution >= 4 is 27.8 Å². The predicted molar refractivity (Wildman–Crippen MR) is 157 cm³/mol. The molecular weight excluding hydrogens is 476 g/mol. The Labute approximate surface area is 227 Å². The van der Waals surface area contributed by atoms with Crippen LogP contribution in [-0.2, 0) is 4.79 Å². The maximum absolute atomic E-state index is 12.5. The Balaban J connectivity index is 0.999. The second-order valence-electron chi connectivity index (χ2n) is 11.2. The molecule has 1 aromatic carbocycles. The van der Waals surface area contributed by atoms with E-state index in [4.69, 9.17) is 0 Å². The molecule has 3 aliphatic heterocycles. The molecule has 2 aromatic rings. The highest BCUT2D eigenvalue weighted by atomic mass is 32.1. The van der Waals surface area contributed by atoms with Crippen LogP contribution in [0.3, 0.4) is 0 Å². The summed E-state index contributed by atoms with van der Waals surface area (Å²) in [4.78, 5) is 21.4. The van der Waals surface area contributed by atoms with Gasteiger partial charge in [-0.1, -0.05) is 36.8 Å². The van der Waals surface area contributed by atoms with Crippen LogP contribution in [0.1, 0.15) is 63.4 Å². The van der Waals surface area contributed by atoms with Crippen molar-refractivity contribution in [2.75, 3.05) is 58.2 Å². The number of unbranched alkanes of at least 4 members (excludes halogenated alkanes) is 1. The van der Waals surface area contributed by atoms with Crippen molar-refractivity contribution in [3.63, 3.8) is 0 Å². The minimum absolute atomic E-state index is 0.141. The second-order valence-corrected chi connectivity index (χ2v) is 12.2. The molecule has 1 N–H and O–H groups in total. The van der Waals surface area contributed by atoms with Gasteiger partial charge in [0.1, 0.15) is 0 Å². The molecule has 5 rings (SSSR count). The summed E-state index contributed by atoms with van der Waals surface area (Å²) in [6, 6.07) is 13.9. The minimum atomic E-state index is 0.141. The highest BCUT2D eigenvalue weighted by Gasteiger charge is 2.25. The van der Waals surface area contributed by atoms with E-state index in [1.54, 1.807) is 11.3 Å². The number of anilines is 1. The van der Waals surface area contributed by atoms with E-state index >= 15 is 0 Å². The van der Waals surface area contributed by atoms with Crippen LogP contribution < -0.4 is 5.32 Å². The van der Waals surface area contributed by atoms with Gasteiger partial charge in [0.05, 0.1) is 5.00 Å². The summed E-state index contributed by atoms with van der Waals surface area (Å²) in [6.45, 7) is 8.36. The second kappa shape index (κ2) is 13.2. The van der Waals surface area contributed by atoms with Gasteiger partial charge in [0.25, 0.3) is 0 Å². The summed E-state index contributed by atoms with van der Waals surface area (Å²) in [5.74, 6) is 0.141. The van der Waals surface area contributed by atoms with E-state index in [9.17, 15) is 4.79 Å². The van der Waals surface area contributed by atoms with Crippen molar-refractivity contribution in [2.45, 2.75) is 63.8 Å². The average Bonchev–Trinajstić information content (AvgIpc) is 3.41. The van der Waals surface area contributed by atoms with Crippen LogP contribution >= 0.6 is 11.3 Å². The Morgan fingerprint density at radius 3 is 2.41 bits per heavy atom. The number of thiophene rings is 1. The van der Waals surface area contributed by atoms with E-state index in [1.807, 2.05) is 6.07 Å². The molecule has 5 nitrogen and oxygen atoms in total. The van der Waals surface area contributed by atoms with Crippen molar-refractivity contribution < 1.29 is 4.79 Å². The number of amides is 1. The van der Waals surface area contributed by atoms with Crippen LogP contribution in [-0.4, -0.2) is 79.5 Å². The summed E-state index contributed by atoms with van der Waals surface area (Å²) in [7, 11) is 2.17. The molecule has 2 saturated heterocycles. The third-order valence-electron chi connectivity index (χ3n) is 8.41.